The summed E-state index contributed by atoms with van der Waals surface area (Å²) < 4.78 is 0. The van der Waals surface area contributed by atoms with Gasteiger partial charge in [-0.3, -0.25) is 0 Å². The van der Waals surface area contributed by atoms with Crippen LogP contribution < -0.4 is 0 Å². The number of halogens is 2. The summed E-state index contributed by atoms with van der Waals surface area (Å²) in [4.78, 5) is 0. The van der Waals surface area contributed by atoms with Gasteiger partial charge in [0.1, 0.15) is 0 Å². The third-order valence-corrected chi connectivity index (χ3v) is 7.71. The monoisotopic (exact) mass is 432 g/mol. The fraction of sp³-hybridized carbons (Fsp3) is 0.286. The molecule has 0 heterocycles. The molecule has 2 aliphatic carbocycles. The zero-order chi connectivity index (χ0) is 21.0. The van der Waals surface area contributed by atoms with E-state index in [1.165, 1.54) is 39.8 Å². The van der Waals surface area contributed by atoms with E-state index < -0.39 is 0 Å². The van der Waals surface area contributed by atoms with Crippen molar-refractivity contribution in [3.05, 3.63) is 94.0 Å². The highest BCUT2D eigenvalue weighted by atomic mass is 35.5. The smallest absolute Gasteiger partial charge is 0.0412 e. The minimum atomic E-state index is -0.0816. The van der Waals surface area contributed by atoms with Crippen LogP contribution >= 0.6 is 23.2 Å². The highest BCUT2D eigenvalue weighted by Crippen LogP contribution is 2.57. The molecule has 3 unspecified atom stereocenters. The van der Waals surface area contributed by atoms with Crippen molar-refractivity contribution in [2.75, 3.05) is 0 Å². The Bertz CT molecular complexity index is 1160. The molecule has 2 aliphatic rings. The van der Waals surface area contributed by atoms with Crippen LogP contribution in [-0.2, 0) is 5.41 Å². The summed E-state index contributed by atoms with van der Waals surface area (Å²) in [6.07, 6.45) is 3.43. The van der Waals surface area contributed by atoms with Crippen LogP contribution in [0.25, 0.3) is 22.3 Å². The van der Waals surface area contributed by atoms with E-state index in [2.05, 4.69) is 56.8 Å². The van der Waals surface area contributed by atoms with E-state index in [0.29, 0.717) is 11.8 Å². The van der Waals surface area contributed by atoms with Gasteiger partial charge in [0, 0.05) is 15.5 Å². The number of allylic oxidation sites excluding steroid dienone is 1. The van der Waals surface area contributed by atoms with Crippen molar-refractivity contribution < 1.29 is 0 Å². The van der Waals surface area contributed by atoms with Crippen LogP contribution in [0.5, 0.6) is 0 Å². The molecule has 2 heteroatoms. The zero-order valence-corrected chi connectivity index (χ0v) is 19.0. The molecule has 5 rings (SSSR count). The van der Waals surface area contributed by atoms with Gasteiger partial charge < -0.3 is 0 Å². The van der Waals surface area contributed by atoms with Gasteiger partial charge in [-0.1, -0.05) is 79.5 Å². The van der Waals surface area contributed by atoms with Crippen LogP contribution in [0.15, 0.2) is 72.8 Å². The molecule has 0 saturated heterocycles. The molecule has 0 spiro atoms. The Labute approximate surface area is 189 Å². The van der Waals surface area contributed by atoms with Crippen molar-refractivity contribution in [2.45, 2.75) is 38.5 Å². The van der Waals surface area contributed by atoms with Crippen molar-refractivity contribution >= 4 is 23.2 Å². The summed E-state index contributed by atoms with van der Waals surface area (Å²) in [6.45, 7) is 9.16. The fourth-order valence-electron chi connectivity index (χ4n) is 5.84. The normalized spacial score (nSPS) is 25.1. The molecule has 0 amide bonds. The van der Waals surface area contributed by atoms with E-state index in [-0.39, 0.29) is 5.41 Å². The predicted octanol–water partition coefficient (Wildman–Crippen LogP) is 8.94. The van der Waals surface area contributed by atoms with Crippen molar-refractivity contribution in [3.8, 4) is 22.3 Å². The lowest BCUT2D eigenvalue weighted by Gasteiger charge is -2.41. The maximum atomic E-state index is 6.50. The first kappa shape index (κ1) is 19.9. The van der Waals surface area contributed by atoms with Crippen LogP contribution in [-0.4, -0.2) is 0 Å². The number of hydrogen-bond acceptors (Lipinski definition) is 0. The summed E-state index contributed by atoms with van der Waals surface area (Å²) in [5.41, 5.74) is 9.08. The van der Waals surface area contributed by atoms with Gasteiger partial charge >= 0.3 is 0 Å². The second-order valence-corrected chi connectivity index (χ2v) is 10.2. The molecule has 30 heavy (non-hydrogen) atoms. The molecular formula is C28H26Cl2. The van der Waals surface area contributed by atoms with Gasteiger partial charge in [0.15, 0.2) is 0 Å². The fourth-order valence-corrected chi connectivity index (χ4v) is 6.20. The van der Waals surface area contributed by atoms with Crippen LogP contribution in [0.3, 0.4) is 0 Å². The van der Waals surface area contributed by atoms with E-state index in [4.69, 9.17) is 23.2 Å². The first-order valence-electron chi connectivity index (χ1n) is 10.7. The van der Waals surface area contributed by atoms with E-state index >= 15 is 0 Å². The summed E-state index contributed by atoms with van der Waals surface area (Å²) >= 11 is 12.8. The van der Waals surface area contributed by atoms with Gasteiger partial charge in [-0.05, 0) is 94.8 Å². The number of rotatable bonds is 2. The predicted molar refractivity (Wildman–Crippen MR) is 129 cm³/mol. The van der Waals surface area contributed by atoms with E-state index in [0.717, 1.165) is 28.5 Å². The second kappa shape index (κ2) is 7.29. The Kier molecular flexibility index (Phi) is 4.84. The third kappa shape index (κ3) is 3.13. The second-order valence-electron chi connectivity index (χ2n) is 9.36. The topological polar surface area (TPSA) is 0 Å². The highest BCUT2D eigenvalue weighted by Gasteiger charge is 2.46. The van der Waals surface area contributed by atoms with Crippen LogP contribution in [0.1, 0.15) is 44.2 Å². The summed E-state index contributed by atoms with van der Waals surface area (Å²) in [6, 6.07) is 21.4. The first-order chi connectivity index (χ1) is 14.4. The van der Waals surface area contributed by atoms with Crippen molar-refractivity contribution in [2.24, 2.45) is 11.8 Å². The average molecular weight is 433 g/mol. The largest absolute Gasteiger partial charge is 0.0998 e. The zero-order valence-electron chi connectivity index (χ0n) is 17.5. The van der Waals surface area contributed by atoms with Crippen LogP contribution in [0.4, 0.5) is 0 Å². The summed E-state index contributed by atoms with van der Waals surface area (Å²) in [5.74, 6) is 1.18. The first-order valence-corrected chi connectivity index (χ1v) is 11.5. The van der Waals surface area contributed by atoms with Crippen molar-refractivity contribution in [3.63, 3.8) is 0 Å². The van der Waals surface area contributed by atoms with Gasteiger partial charge in [0.05, 0.1) is 0 Å². The molecule has 1 saturated carbocycles. The number of hydrogen-bond donors (Lipinski definition) is 0. The Morgan fingerprint density at radius 1 is 0.833 bits per heavy atom. The van der Waals surface area contributed by atoms with Crippen molar-refractivity contribution in [1.29, 1.82) is 0 Å². The van der Waals surface area contributed by atoms with Gasteiger partial charge in [-0.25, -0.2) is 0 Å². The Balaban J connectivity index is 1.72. The van der Waals surface area contributed by atoms with E-state index in [9.17, 15) is 0 Å². The highest BCUT2D eigenvalue weighted by molar-refractivity contribution is 6.31. The lowest BCUT2D eigenvalue weighted by atomic mass is 9.62. The van der Waals surface area contributed by atoms with Gasteiger partial charge in [-0.2, -0.15) is 0 Å². The maximum Gasteiger partial charge on any atom is 0.0412 e. The Morgan fingerprint density at radius 2 is 1.50 bits per heavy atom. The summed E-state index contributed by atoms with van der Waals surface area (Å²) in [5, 5.41) is 1.58. The molecule has 3 aromatic rings. The molecule has 0 nitrogen and oxygen atoms in total. The SMILES string of the molecule is C=C1CC(C)CC(C2(C)c3cc(Cl)ccc3-c3ccc(-c4cccc(Cl)c4)cc32)C1. The molecule has 0 bridgehead atoms. The standard InChI is InChI=1S/C28H26Cl2/c1-17-11-18(2)13-21(12-17)28(3)26-15-20(19-5-4-6-22(29)14-19)7-9-24(26)25-10-8-23(30)16-27(25)28/h4-10,14-16,18,21H,1,11-13H2,2-3H3. The Hall–Kier alpha value is -2.02. The molecule has 3 aromatic carbocycles. The minimum absolute atomic E-state index is 0.0816. The molecule has 1 fully saturated rings. The molecule has 0 radical (unpaired) electrons. The third-order valence-electron chi connectivity index (χ3n) is 7.24. The Morgan fingerprint density at radius 3 is 2.23 bits per heavy atom. The van der Waals surface area contributed by atoms with Gasteiger partial charge in [0.2, 0.25) is 0 Å². The van der Waals surface area contributed by atoms with Crippen LogP contribution in [0.2, 0.25) is 10.0 Å². The molecule has 0 N–H and O–H groups in total. The molecular weight excluding hydrogens is 407 g/mol. The van der Waals surface area contributed by atoms with Crippen LogP contribution in [0, 0.1) is 11.8 Å². The maximum absolute atomic E-state index is 6.50. The number of fused-ring (bicyclic) bond motifs is 3. The quantitative estimate of drug-likeness (QED) is 0.354. The minimum Gasteiger partial charge on any atom is -0.0998 e. The van der Waals surface area contributed by atoms with Gasteiger partial charge in [-0.15, -0.1) is 0 Å². The molecule has 0 aromatic heterocycles. The molecule has 3 atom stereocenters. The molecule has 0 aliphatic heterocycles. The molecule has 152 valence electrons. The average Bonchev–Trinajstić information content (AvgIpc) is 2.96. The van der Waals surface area contributed by atoms with Gasteiger partial charge in [0.25, 0.3) is 0 Å². The van der Waals surface area contributed by atoms with E-state index in [1.807, 2.05) is 24.3 Å². The van der Waals surface area contributed by atoms with E-state index in [1.54, 1.807) is 0 Å². The van der Waals surface area contributed by atoms with Crippen molar-refractivity contribution in [1.82, 2.24) is 0 Å². The lowest BCUT2D eigenvalue weighted by molar-refractivity contribution is 0.249. The summed E-state index contributed by atoms with van der Waals surface area (Å²) in [7, 11) is 0. The number of benzene rings is 3. The lowest BCUT2D eigenvalue weighted by Crippen LogP contribution is -2.35.